The third kappa shape index (κ3) is 3.06. The first-order valence-electron chi connectivity index (χ1n) is 7.13. The fourth-order valence-electron chi connectivity index (χ4n) is 2.31. The van der Waals surface area contributed by atoms with E-state index in [9.17, 15) is 14.4 Å². The van der Waals surface area contributed by atoms with Crippen LogP contribution >= 0.6 is 0 Å². The highest BCUT2D eigenvalue weighted by Gasteiger charge is 2.09. The quantitative estimate of drug-likeness (QED) is 0.683. The minimum Gasteiger partial charge on any atom is -0.348 e. The van der Waals surface area contributed by atoms with E-state index >= 15 is 0 Å². The summed E-state index contributed by atoms with van der Waals surface area (Å²) in [5.41, 5.74) is 1.64. The van der Waals surface area contributed by atoms with Gasteiger partial charge in [-0.25, -0.2) is 0 Å². The van der Waals surface area contributed by atoms with Crippen molar-refractivity contribution in [2.45, 2.75) is 13.5 Å². The van der Waals surface area contributed by atoms with Gasteiger partial charge in [0, 0.05) is 12.1 Å². The molecule has 0 unspecified atom stereocenters. The lowest BCUT2D eigenvalue weighted by molar-refractivity contribution is 0.0951. The van der Waals surface area contributed by atoms with Gasteiger partial charge >= 0.3 is 0 Å². The Morgan fingerprint density at radius 2 is 1.61 bits per heavy atom. The van der Waals surface area contributed by atoms with E-state index in [0.717, 1.165) is 11.1 Å². The summed E-state index contributed by atoms with van der Waals surface area (Å²) in [5, 5.41) is 7.74. The van der Waals surface area contributed by atoms with Crippen molar-refractivity contribution in [2.75, 3.05) is 0 Å². The van der Waals surface area contributed by atoms with Gasteiger partial charge in [-0.15, -0.1) is 0 Å². The smallest absolute Gasteiger partial charge is 0.270 e. The SMILES string of the molecule is Cc1ccc(CNC(=O)c2ccc3c(=O)[nH][nH]c(=O)c3c2)cc1. The molecule has 0 bridgehead atoms. The molecule has 0 spiro atoms. The fourth-order valence-corrected chi connectivity index (χ4v) is 2.31. The predicted molar refractivity (Wildman–Crippen MR) is 87.5 cm³/mol. The summed E-state index contributed by atoms with van der Waals surface area (Å²) in [5.74, 6) is -0.299. The van der Waals surface area contributed by atoms with E-state index in [4.69, 9.17) is 0 Å². The largest absolute Gasteiger partial charge is 0.348 e. The minimum atomic E-state index is -0.437. The van der Waals surface area contributed by atoms with Crippen LogP contribution < -0.4 is 16.4 Å². The molecule has 1 heterocycles. The van der Waals surface area contributed by atoms with Crippen LogP contribution in [0.15, 0.2) is 52.1 Å². The predicted octanol–water partition coefficient (Wildman–Crippen LogP) is 1.45. The fraction of sp³-hybridized carbons (Fsp3) is 0.118. The number of hydrogen-bond donors (Lipinski definition) is 3. The van der Waals surface area contributed by atoms with Crippen LogP contribution in [0.5, 0.6) is 0 Å². The van der Waals surface area contributed by atoms with Crippen LogP contribution in [-0.2, 0) is 6.54 Å². The Kier molecular flexibility index (Phi) is 3.80. The molecule has 2 aromatic carbocycles. The highest BCUT2D eigenvalue weighted by atomic mass is 16.2. The molecule has 23 heavy (non-hydrogen) atoms. The lowest BCUT2D eigenvalue weighted by atomic mass is 10.1. The maximum Gasteiger partial charge on any atom is 0.270 e. The van der Waals surface area contributed by atoms with Crippen LogP contribution in [0, 0.1) is 6.92 Å². The molecule has 3 rings (SSSR count). The summed E-state index contributed by atoms with van der Waals surface area (Å²) in [6.45, 7) is 2.39. The van der Waals surface area contributed by atoms with Crippen LogP contribution in [0.3, 0.4) is 0 Å². The van der Waals surface area contributed by atoms with Crippen molar-refractivity contribution >= 4 is 16.7 Å². The zero-order chi connectivity index (χ0) is 16.4. The minimum absolute atomic E-state index is 0.191. The van der Waals surface area contributed by atoms with Gasteiger partial charge in [-0.1, -0.05) is 29.8 Å². The van der Waals surface area contributed by atoms with Crippen LogP contribution in [0.25, 0.3) is 10.8 Å². The summed E-state index contributed by atoms with van der Waals surface area (Å²) >= 11 is 0. The Morgan fingerprint density at radius 1 is 0.957 bits per heavy atom. The summed E-state index contributed by atoms with van der Waals surface area (Å²) < 4.78 is 0. The number of amides is 1. The van der Waals surface area contributed by atoms with Gasteiger partial charge in [0.25, 0.3) is 17.0 Å². The highest BCUT2D eigenvalue weighted by molar-refractivity contribution is 5.98. The molecule has 116 valence electrons. The Hall–Kier alpha value is -3.15. The van der Waals surface area contributed by atoms with Gasteiger partial charge in [0.05, 0.1) is 10.8 Å². The van der Waals surface area contributed by atoms with Crippen molar-refractivity contribution < 1.29 is 4.79 Å². The highest BCUT2D eigenvalue weighted by Crippen LogP contribution is 2.09. The van der Waals surface area contributed by atoms with E-state index < -0.39 is 11.1 Å². The molecule has 6 nitrogen and oxygen atoms in total. The van der Waals surface area contributed by atoms with Crippen molar-refractivity contribution in [2.24, 2.45) is 0 Å². The molecule has 0 saturated carbocycles. The second kappa shape index (κ2) is 5.92. The molecule has 0 aliphatic carbocycles. The lowest BCUT2D eigenvalue weighted by Gasteiger charge is -2.06. The van der Waals surface area contributed by atoms with Crippen LogP contribution in [0.4, 0.5) is 0 Å². The van der Waals surface area contributed by atoms with Gasteiger partial charge in [-0.05, 0) is 30.7 Å². The van der Waals surface area contributed by atoms with E-state index in [2.05, 4.69) is 15.5 Å². The average molecular weight is 309 g/mol. The number of hydrogen-bond acceptors (Lipinski definition) is 3. The Bertz CT molecular complexity index is 984. The Morgan fingerprint density at radius 3 is 2.30 bits per heavy atom. The van der Waals surface area contributed by atoms with Crippen molar-refractivity contribution in [3.05, 3.63) is 79.9 Å². The first kappa shape index (κ1) is 14.8. The molecule has 0 fully saturated rings. The topological polar surface area (TPSA) is 94.8 Å². The number of benzene rings is 2. The molecule has 0 aliphatic heterocycles. The standard InChI is InChI=1S/C17H15N3O3/c1-10-2-4-11(5-3-10)9-18-15(21)12-6-7-13-14(8-12)17(23)20-19-16(13)22/h2-8H,9H2,1H3,(H,18,21)(H,19,22)(H,20,23). The van der Waals surface area contributed by atoms with Crippen molar-refractivity contribution in [1.29, 1.82) is 0 Å². The van der Waals surface area contributed by atoms with E-state index in [1.54, 1.807) is 0 Å². The maximum absolute atomic E-state index is 12.2. The van der Waals surface area contributed by atoms with Gasteiger partial charge in [-0.2, -0.15) is 0 Å². The van der Waals surface area contributed by atoms with Crippen LogP contribution in [-0.4, -0.2) is 16.1 Å². The molecule has 0 aliphatic rings. The molecule has 0 saturated heterocycles. The number of nitrogens with one attached hydrogen (secondary N) is 3. The molecule has 3 aromatic rings. The molecule has 1 aromatic heterocycles. The molecule has 0 radical (unpaired) electrons. The van der Waals surface area contributed by atoms with Crippen LogP contribution in [0.1, 0.15) is 21.5 Å². The van der Waals surface area contributed by atoms with E-state index in [1.807, 2.05) is 31.2 Å². The molecule has 6 heteroatoms. The monoisotopic (exact) mass is 309 g/mol. The number of carbonyl (C=O) groups is 1. The normalized spacial score (nSPS) is 10.7. The van der Waals surface area contributed by atoms with Crippen molar-refractivity contribution in [3.8, 4) is 0 Å². The molecule has 1 amide bonds. The molecule has 0 atom stereocenters. The summed E-state index contributed by atoms with van der Waals surface area (Å²) in [4.78, 5) is 35.6. The number of aromatic nitrogens is 2. The first-order chi connectivity index (χ1) is 11.0. The summed E-state index contributed by atoms with van der Waals surface area (Å²) in [7, 11) is 0. The Balaban J connectivity index is 1.83. The van der Waals surface area contributed by atoms with Gasteiger partial charge in [0.15, 0.2) is 0 Å². The van der Waals surface area contributed by atoms with E-state index in [0.29, 0.717) is 12.1 Å². The van der Waals surface area contributed by atoms with Crippen molar-refractivity contribution in [3.63, 3.8) is 0 Å². The average Bonchev–Trinajstić information content (AvgIpc) is 2.57. The van der Waals surface area contributed by atoms with Crippen molar-refractivity contribution in [1.82, 2.24) is 15.5 Å². The molecular weight excluding hydrogens is 294 g/mol. The Labute approximate surface area is 131 Å². The molecular formula is C17H15N3O3. The second-order valence-electron chi connectivity index (χ2n) is 5.34. The van der Waals surface area contributed by atoms with E-state index in [1.165, 1.54) is 18.2 Å². The first-order valence-corrected chi connectivity index (χ1v) is 7.13. The number of fused-ring (bicyclic) bond motifs is 1. The number of rotatable bonds is 3. The molecule has 3 N–H and O–H groups in total. The number of carbonyl (C=O) groups excluding carboxylic acids is 1. The summed E-state index contributed by atoms with van der Waals surface area (Å²) in [6, 6.07) is 12.3. The second-order valence-corrected chi connectivity index (χ2v) is 5.34. The van der Waals surface area contributed by atoms with Crippen LogP contribution in [0.2, 0.25) is 0 Å². The number of aryl methyl sites for hydroxylation is 1. The number of aromatic amines is 2. The zero-order valence-electron chi connectivity index (χ0n) is 12.5. The van der Waals surface area contributed by atoms with Gasteiger partial charge in [-0.3, -0.25) is 24.6 Å². The lowest BCUT2D eigenvalue weighted by Crippen LogP contribution is -2.24. The third-order valence-electron chi connectivity index (χ3n) is 3.63. The van der Waals surface area contributed by atoms with Gasteiger partial charge in [0.2, 0.25) is 0 Å². The zero-order valence-corrected chi connectivity index (χ0v) is 12.5. The number of H-pyrrole nitrogens is 2. The summed E-state index contributed by atoms with van der Waals surface area (Å²) in [6.07, 6.45) is 0. The van der Waals surface area contributed by atoms with Gasteiger partial charge in [0.1, 0.15) is 0 Å². The van der Waals surface area contributed by atoms with Gasteiger partial charge < -0.3 is 5.32 Å². The third-order valence-corrected chi connectivity index (χ3v) is 3.63. The maximum atomic E-state index is 12.2. The van der Waals surface area contributed by atoms with E-state index in [-0.39, 0.29) is 16.7 Å².